The molecule has 2 saturated carbocycles. The Labute approximate surface area is 333 Å². The number of carbonyl (C=O) groups excluding carboxylic acids is 4. The number of fused-ring (bicyclic) bond motifs is 13. The maximum Gasteiger partial charge on any atom is 0.234 e. The molecular formula is C50H38O4S2. The van der Waals surface area contributed by atoms with Crippen LogP contribution in [0.2, 0.25) is 0 Å². The van der Waals surface area contributed by atoms with Crippen LogP contribution in [0.3, 0.4) is 0 Å². The van der Waals surface area contributed by atoms with Gasteiger partial charge < -0.3 is 0 Å². The van der Waals surface area contributed by atoms with Crippen LogP contribution in [0.15, 0.2) is 96.1 Å². The van der Waals surface area contributed by atoms with Gasteiger partial charge in [-0.05, 0) is 94.5 Å². The van der Waals surface area contributed by atoms with E-state index in [1.54, 1.807) is 34.8 Å². The van der Waals surface area contributed by atoms with Gasteiger partial charge in [0.25, 0.3) is 0 Å². The first-order chi connectivity index (χ1) is 27.3. The molecule has 12 rings (SSSR count). The molecule has 0 bridgehead atoms. The van der Waals surface area contributed by atoms with E-state index in [0.29, 0.717) is 22.3 Å². The maximum atomic E-state index is 13.2. The Morgan fingerprint density at radius 3 is 1.29 bits per heavy atom. The average molecular weight is 767 g/mol. The van der Waals surface area contributed by atoms with Crippen LogP contribution in [-0.2, 0) is 20.4 Å². The number of allylic oxidation sites excluding steroid dienone is 10. The molecule has 4 nitrogen and oxygen atoms in total. The van der Waals surface area contributed by atoms with Crippen molar-refractivity contribution in [2.24, 2.45) is 11.8 Å². The van der Waals surface area contributed by atoms with Gasteiger partial charge in [-0.3, -0.25) is 19.2 Å². The zero-order valence-corrected chi connectivity index (χ0v) is 32.5. The van der Waals surface area contributed by atoms with E-state index in [4.69, 9.17) is 0 Å². The zero-order valence-electron chi connectivity index (χ0n) is 30.9. The molecule has 2 atom stereocenters. The molecule has 4 aromatic rings. The summed E-state index contributed by atoms with van der Waals surface area (Å²) >= 11 is 3.58. The van der Waals surface area contributed by atoms with Crippen molar-refractivity contribution in [2.75, 3.05) is 0 Å². The Bertz CT molecular complexity index is 2550. The lowest BCUT2D eigenvalue weighted by Gasteiger charge is -2.40. The number of Topliss-reactive ketones (excluding diaryl/α,β-unsaturated/α-hetero) is 4. The largest absolute Gasteiger partial charge is 0.285 e. The second kappa shape index (κ2) is 11.7. The molecule has 274 valence electrons. The van der Waals surface area contributed by atoms with Gasteiger partial charge in [-0.15, -0.1) is 22.7 Å². The van der Waals surface area contributed by atoms with Gasteiger partial charge in [0.05, 0.1) is 0 Å². The summed E-state index contributed by atoms with van der Waals surface area (Å²) in [6.45, 7) is 0. The molecule has 2 heterocycles. The predicted octanol–water partition coefficient (Wildman–Crippen LogP) is 11.4. The summed E-state index contributed by atoms with van der Waals surface area (Å²) in [5.74, 6) is -1.09. The average Bonchev–Trinajstić information content (AvgIpc) is 4.05. The van der Waals surface area contributed by atoms with Crippen LogP contribution in [0.4, 0.5) is 0 Å². The standard InChI is InChI=1S/C50H38O4S2/c51-43-33-13-5-3-11-31(33)35(45(43)53)23-29-25-41-47(55-29)37-19-28-22-40-38(20-27(28)21-39(37)49(41)15-7-1-8-16-49)48-42(50(40)17-9-2-10-18-50)26-30(56-48)24-36-32-12-4-6-14-34(32)44(52)46(36)54/h3-6,11-14,19-28H,1-2,7-10,15-18H2/b35-23-,36-24-. The van der Waals surface area contributed by atoms with E-state index >= 15 is 0 Å². The summed E-state index contributed by atoms with van der Waals surface area (Å²) < 4.78 is 0. The normalized spacial score (nSPS) is 26.1. The van der Waals surface area contributed by atoms with Crippen LogP contribution >= 0.6 is 22.7 Å². The molecule has 2 aromatic heterocycles. The summed E-state index contributed by atoms with van der Waals surface area (Å²) in [5.41, 5.74) is 12.1. The first-order valence-corrected chi connectivity index (χ1v) is 22.0. The Balaban J connectivity index is 0.963. The van der Waals surface area contributed by atoms with E-state index in [1.165, 1.54) is 81.7 Å². The van der Waals surface area contributed by atoms with Crippen molar-refractivity contribution in [3.05, 3.63) is 149 Å². The van der Waals surface area contributed by atoms with Gasteiger partial charge >= 0.3 is 0 Å². The van der Waals surface area contributed by atoms with Crippen molar-refractivity contribution in [1.29, 1.82) is 0 Å². The Kier molecular flexibility index (Phi) is 6.95. The molecule has 2 aromatic carbocycles. The molecule has 2 unspecified atom stereocenters. The summed E-state index contributed by atoms with van der Waals surface area (Å²) in [7, 11) is 0. The van der Waals surface area contributed by atoms with Crippen LogP contribution in [0.5, 0.6) is 0 Å². The predicted molar refractivity (Wildman–Crippen MR) is 225 cm³/mol. The van der Waals surface area contributed by atoms with E-state index in [2.05, 4.69) is 36.4 Å². The minimum absolute atomic E-state index is 0.0250. The van der Waals surface area contributed by atoms with E-state index in [1.807, 2.05) is 48.6 Å². The molecular weight excluding hydrogens is 729 g/mol. The molecule has 8 aliphatic rings. The molecule has 0 saturated heterocycles. The lowest BCUT2D eigenvalue weighted by molar-refractivity contribution is -0.110. The van der Waals surface area contributed by atoms with E-state index in [0.717, 1.165) is 46.6 Å². The van der Waals surface area contributed by atoms with Gasteiger partial charge in [0.1, 0.15) is 0 Å². The van der Waals surface area contributed by atoms with Crippen molar-refractivity contribution >= 4 is 80.3 Å². The second-order valence-corrected chi connectivity index (χ2v) is 19.2. The number of thiophene rings is 2. The third-order valence-electron chi connectivity index (χ3n) is 14.3. The third kappa shape index (κ3) is 4.35. The van der Waals surface area contributed by atoms with Crippen LogP contribution in [0, 0.1) is 11.8 Å². The summed E-state index contributed by atoms with van der Waals surface area (Å²) in [5, 5.41) is 0. The summed E-state index contributed by atoms with van der Waals surface area (Å²) in [6.07, 6.45) is 26.2. The quantitative estimate of drug-likeness (QED) is 0.150. The molecule has 8 aliphatic carbocycles. The Morgan fingerprint density at radius 1 is 0.482 bits per heavy atom. The smallest absolute Gasteiger partial charge is 0.234 e. The maximum absolute atomic E-state index is 13.2. The van der Waals surface area contributed by atoms with Gasteiger partial charge in [0.2, 0.25) is 23.1 Å². The Hall–Kier alpha value is -5.04. The van der Waals surface area contributed by atoms with Gasteiger partial charge in [-0.25, -0.2) is 0 Å². The summed E-state index contributed by atoms with van der Waals surface area (Å²) in [4.78, 5) is 56.9. The third-order valence-corrected chi connectivity index (χ3v) is 16.6. The highest BCUT2D eigenvalue weighted by Gasteiger charge is 2.52. The number of hydrogen-bond acceptors (Lipinski definition) is 6. The molecule has 0 amide bonds. The Morgan fingerprint density at radius 2 is 0.875 bits per heavy atom. The fraction of sp³-hybridized carbons (Fsp3) is 0.280. The van der Waals surface area contributed by atoms with Gasteiger partial charge in [0.15, 0.2) is 0 Å². The van der Waals surface area contributed by atoms with Gasteiger partial charge in [-0.2, -0.15) is 0 Å². The van der Waals surface area contributed by atoms with Crippen LogP contribution in [0.25, 0.3) is 34.4 Å². The van der Waals surface area contributed by atoms with E-state index < -0.39 is 23.1 Å². The molecule has 0 N–H and O–H groups in total. The first-order valence-electron chi connectivity index (χ1n) is 20.3. The van der Waals surface area contributed by atoms with Crippen molar-refractivity contribution < 1.29 is 19.2 Å². The van der Waals surface area contributed by atoms with Crippen molar-refractivity contribution in [1.82, 2.24) is 0 Å². The lowest BCUT2D eigenvalue weighted by Crippen LogP contribution is -2.31. The molecule has 0 aliphatic heterocycles. The minimum atomic E-state index is -0.403. The van der Waals surface area contributed by atoms with E-state index in [-0.39, 0.29) is 22.7 Å². The highest BCUT2D eigenvalue weighted by molar-refractivity contribution is 7.15. The second-order valence-electron chi connectivity index (χ2n) is 17.1. The fourth-order valence-corrected chi connectivity index (χ4v) is 14.3. The molecule has 6 heteroatoms. The number of hydrogen-bond donors (Lipinski definition) is 0. The fourth-order valence-electron chi connectivity index (χ4n) is 11.8. The number of ketones is 4. The molecule has 2 fully saturated rings. The highest BCUT2D eigenvalue weighted by atomic mass is 32.1. The topological polar surface area (TPSA) is 68.3 Å². The molecule has 0 radical (unpaired) electrons. The lowest BCUT2D eigenvalue weighted by atomic mass is 9.63. The minimum Gasteiger partial charge on any atom is -0.285 e. The van der Waals surface area contributed by atoms with E-state index in [9.17, 15) is 19.2 Å². The monoisotopic (exact) mass is 766 g/mol. The number of benzene rings is 2. The van der Waals surface area contributed by atoms with Gasteiger partial charge in [-0.1, -0.05) is 111 Å². The zero-order chi connectivity index (χ0) is 37.5. The molecule has 56 heavy (non-hydrogen) atoms. The van der Waals surface area contributed by atoms with Crippen molar-refractivity contribution in [3.8, 4) is 0 Å². The van der Waals surface area contributed by atoms with Crippen LogP contribution in [0.1, 0.15) is 127 Å². The number of carbonyl (C=O) groups is 4. The van der Waals surface area contributed by atoms with Crippen LogP contribution < -0.4 is 0 Å². The van der Waals surface area contributed by atoms with Gasteiger partial charge in [0, 0.05) is 64.4 Å². The summed E-state index contributed by atoms with van der Waals surface area (Å²) in [6, 6.07) is 19.5. The first kappa shape index (κ1) is 33.1. The van der Waals surface area contributed by atoms with Crippen molar-refractivity contribution in [2.45, 2.75) is 75.0 Å². The van der Waals surface area contributed by atoms with Crippen molar-refractivity contribution in [3.63, 3.8) is 0 Å². The number of rotatable bonds is 2. The SMILES string of the molecule is O=C1C(=O)c2ccccc2/C1=C/c1cc2c(s1)C1=CC3C=C4C(=CC3C=C1C21CCCCC1)c1sc(/C=C2\C(=O)C(=O)c3ccccc32)cc1C41CCCCC1. The van der Waals surface area contributed by atoms with Crippen LogP contribution in [-0.4, -0.2) is 23.1 Å². The molecule has 2 spiro atoms. The highest BCUT2D eigenvalue weighted by Crippen LogP contribution is 2.65.